The monoisotopic (exact) mass is 253 g/mol. The van der Waals surface area contributed by atoms with Crippen LogP contribution in [0.15, 0.2) is 24.3 Å². The summed E-state index contributed by atoms with van der Waals surface area (Å²) in [6.07, 6.45) is 1.41. The Morgan fingerprint density at radius 3 is 2.79 bits per heavy atom. The number of carboxylic acid groups (broad SMARTS) is 1. The van der Waals surface area contributed by atoms with Gasteiger partial charge in [0.15, 0.2) is 0 Å². The van der Waals surface area contributed by atoms with Gasteiger partial charge in [-0.3, -0.25) is 4.98 Å². The first kappa shape index (κ1) is 11.9. The molecular formula is C16H15NO2. The molecule has 1 heterocycles. The highest BCUT2D eigenvalue weighted by Gasteiger charge is 2.23. The van der Waals surface area contributed by atoms with Gasteiger partial charge in [-0.2, -0.15) is 0 Å². The van der Waals surface area contributed by atoms with Gasteiger partial charge in [0.25, 0.3) is 0 Å². The minimum absolute atomic E-state index is 0.339. The van der Waals surface area contributed by atoms with Crippen molar-refractivity contribution in [3.05, 3.63) is 52.2 Å². The third-order valence-electron chi connectivity index (χ3n) is 3.65. The maximum atomic E-state index is 11.3. The second-order valence-electron chi connectivity index (χ2n) is 4.99. The quantitative estimate of drug-likeness (QED) is 0.762. The Balaban J connectivity index is 2.23. The van der Waals surface area contributed by atoms with E-state index < -0.39 is 5.97 Å². The Morgan fingerprint density at radius 2 is 2.11 bits per heavy atom. The van der Waals surface area contributed by atoms with Gasteiger partial charge in [0.2, 0.25) is 0 Å². The van der Waals surface area contributed by atoms with Crippen LogP contribution in [-0.4, -0.2) is 16.1 Å². The van der Waals surface area contributed by atoms with Crippen molar-refractivity contribution in [3.8, 4) is 11.3 Å². The molecule has 0 fully saturated rings. The first-order valence-corrected chi connectivity index (χ1v) is 6.46. The minimum Gasteiger partial charge on any atom is -0.478 e. The average molecular weight is 253 g/mol. The molecule has 0 amide bonds. The van der Waals surface area contributed by atoms with Crippen molar-refractivity contribution in [1.29, 1.82) is 0 Å². The van der Waals surface area contributed by atoms with Crippen LogP contribution in [0, 0.1) is 6.92 Å². The van der Waals surface area contributed by atoms with Gasteiger partial charge in [0.1, 0.15) is 0 Å². The van der Waals surface area contributed by atoms with E-state index in [2.05, 4.69) is 30.1 Å². The van der Waals surface area contributed by atoms with Crippen molar-refractivity contribution in [2.45, 2.75) is 26.7 Å². The number of carboxylic acids is 1. The number of benzene rings is 1. The lowest BCUT2D eigenvalue weighted by Gasteiger charge is -2.07. The summed E-state index contributed by atoms with van der Waals surface area (Å²) in [5.74, 6) is -0.890. The highest BCUT2D eigenvalue weighted by Crippen LogP contribution is 2.36. The number of aryl methyl sites for hydroxylation is 2. The van der Waals surface area contributed by atoms with E-state index in [0.29, 0.717) is 17.7 Å². The predicted molar refractivity (Wildman–Crippen MR) is 73.6 cm³/mol. The molecule has 1 aromatic carbocycles. The first-order valence-electron chi connectivity index (χ1n) is 6.46. The summed E-state index contributed by atoms with van der Waals surface area (Å²) < 4.78 is 0. The summed E-state index contributed by atoms with van der Waals surface area (Å²) in [4.78, 5) is 15.9. The topological polar surface area (TPSA) is 50.2 Å². The summed E-state index contributed by atoms with van der Waals surface area (Å²) in [7, 11) is 0. The van der Waals surface area contributed by atoms with Crippen LogP contribution in [0.4, 0.5) is 0 Å². The Labute approximate surface area is 111 Å². The zero-order chi connectivity index (χ0) is 13.6. The fourth-order valence-electron chi connectivity index (χ4n) is 2.69. The van der Waals surface area contributed by atoms with E-state index in [4.69, 9.17) is 0 Å². The van der Waals surface area contributed by atoms with Crippen LogP contribution < -0.4 is 0 Å². The first-order chi connectivity index (χ1) is 9.10. The van der Waals surface area contributed by atoms with Crippen LogP contribution in [0.25, 0.3) is 11.3 Å². The molecule has 0 radical (unpaired) electrons. The molecule has 0 atom stereocenters. The molecule has 1 aromatic heterocycles. The van der Waals surface area contributed by atoms with E-state index in [9.17, 15) is 9.90 Å². The summed E-state index contributed by atoms with van der Waals surface area (Å²) >= 11 is 0. The maximum absolute atomic E-state index is 11.3. The standard InChI is InChI=1S/C16H15NO2/c1-3-14-13(16(18)19)8-11-7-10-5-4-9(2)6-12(10)15(11)17-14/h4-6,8H,3,7H2,1-2H3,(H,18,19). The lowest BCUT2D eigenvalue weighted by atomic mass is 10.1. The van der Waals surface area contributed by atoms with Crippen LogP contribution in [0.5, 0.6) is 0 Å². The summed E-state index contributed by atoms with van der Waals surface area (Å²) in [6.45, 7) is 4.00. The van der Waals surface area contributed by atoms with Gasteiger partial charge < -0.3 is 5.11 Å². The van der Waals surface area contributed by atoms with E-state index in [1.165, 1.54) is 11.1 Å². The number of hydrogen-bond acceptors (Lipinski definition) is 2. The molecular weight excluding hydrogens is 238 g/mol. The third-order valence-corrected chi connectivity index (χ3v) is 3.65. The molecule has 19 heavy (non-hydrogen) atoms. The fraction of sp³-hybridized carbons (Fsp3) is 0.250. The van der Waals surface area contributed by atoms with Gasteiger partial charge in [0, 0.05) is 12.0 Å². The van der Waals surface area contributed by atoms with Gasteiger partial charge in [-0.1, -0.05) is 24.6 Å². The molecule has 3 heteroatoms. The number of hydrogen-bond donors (Lipinski definition) is 1. The maximum Gasteiger partial charge on any atom is 0.337 e. The number of nitrogens with zero attached hydrogens (tertiary/aromatic N) is 1. The Kier molecular flexibility index (Phi) is 2.63. The number of fused-ring (bicyclic) bond motifs is 3. The van der Waals surface area contributed by atoms with Crippen molar-refractivity contribution < 1.29 is 9.90 Å². The van der Waals surface area contributed by atoms with Gasteiger partial charge in [-0.15, -0.1) is 0 Å². The Morgan fingerprint density at radius 1 is 1.32 bits per heavy atom. The Bertz CT molecular complexity index is 689. The van der Waals surface area contributed by atoms with Crippen molar-refractivity contribution in [2.75, 3.05) is 0 Å². The van der Waals surface area contributed by atoms with E-state index in [1.54, 1.807) is 6.07 Å². The van der Waals surface area contributed by atoms with Crippen LogP contribution >= 0.6 is 0 Å². The molecule has 0 spiro atoms. The molecule has 0 saturated carbocycles. The Hall–Kier alpha value is -2.16. The zero-order valence-corrected chi connectivity index (χ0v) is 11.0. The van der Waals surface area contributed by atoms with Crippen LogP contribution in [0.1, 0.15) is 39.7 Å². The molecule has 1 aliphatic rings. The molecule has 0 saturated heterocycles. The normalized spacial score (nSPS) is 12.1. The van der Waals surface area contributed by atoms with Crippen molar-refractivity contribution in [1.82, 2.24) is 4.98 Å². The van der Waals surface area contributed by atoms with Crippen molar-refractivity contribution in [2.24, 2.45) is 0 Å². The second-order valence-corrected chi connectivity index (χ2v) is 4.99. The molecule has 3 rings (SSSR count). The molecule has 0 bridgehead atoms. The zero-order valence-electron chi connectivity index (χ0n) is 11.0. The van der Waals surface area contributed by atoms with E-state index >= 15 is 0 Å². The SMILES string of the molecule is CCc1nc2c(cc1C(=O)O)Cc1ccc(C)cc1-2. The largest absolute Gasteiger partial charge is 0.478 e. The third kappa shape index (κ3) is 1.82. The molecule has 2 aromatic rings. The summed E-state index contributed by atoms with van der Waals surface area (Å²) in [6, 6.07) is 8.12. The van der Waals surface area contributed by atoms with Gasteiger partial charge >= 0.3 is 5.97 Å². The molecule has 3 nitrogen and oxygen atoms in total. The van der Waals surface area contributed by atoms with Crippen LogP contribution in [-0.2, 0) is 12.8 Å². The lowest BCUT2D eigenvalue weighted by Crippen LogP contribution is -2.06. The van der Waals surface area contributed by atoms with Crippen molar-refractivity contribution >= 4 is 5.97 Å². The molecule has 96 valence electrons. The molecule has 0 aliphatic heterocycles. The average Bonchev–Trinajstić information content (AvgIpc) is 2.74. The summed E-state index contributed by atoms with van der Waals surface area (Å²) in [5, 5.41) is 9.25. The minimum atomic E-state index is -0.890. The van der Waals surface area contributed by atoms with Crippen LogP contribution in [0.3, 0.4) is 0 Å². The number of aromatic nitrogens is 1. The molecule has 0 unspecified atom stereocenters. The lowest BCUT2D eigenvalue weighted by molar-refractivity contribution is 0.0695. The fourth-order valence-corrected chi connectivity index (χ4v) is 2.69. The van der Waals surface area contributed by atoms with Gasteiger partial charge in [-0.25, -0.2) is 4.79 Å². The van der Waals surface area contributed by atoms with E-state index in [0.717, 1.165) is 23.2 Å². The number of carbonyl (C=O) groups is 1. The van der Waals surface area contributed by atoms with Gasteiger partial charge in [-0.05, 0) is 36.6 Å². The van der Waals surface area contributed by atoms with Crippen LogP contribution in [0.2, 0.25) is 0 Å². The molecule has 1 N–H and O–H groups in total. The predicted octanol–water partition coefficient (Wildman–Crippen LogP) is 3.22. The summed E-state index contributed by atoms with van der Waals surface area (Å²) in [5.41, 5.74) is 6.58. The van der Waals surface area contributed by atoms with Crippen molar-refractivity contribution in [3.63, 3.8) is 0 Å². The van der Waals surface area contributed by atoms with E-state index in [1.807, 2.05) is 6.92 Å². The molecule has 1 aliphatic carbocycles. The highest BCUT2D eigenvalue weighted by atomic mass is 16.4. The number of aromatic carboxylic acids is 1. The highest BCUT2D eigenvalue weighted by molar-refractivity contribution is 5.90. The smallest absolute Gasteiger partial charge is 0.337 e. The number of pyridine rings is 1. The van der Waals surface area contributed by atoms with E-state index in [-0.39, 0.29) is 0 Å². The van der Waals surface area contributed by atoms with Gasteiger partial charge in [0.05, 0.1) is 17.0 Å². The second kappa shape index (κ2) is 4.19. The number of rotatable bonds is 2.